The number of aliphatic hydroxyl groups excluding tert-OH is 2. The number of carbonyl (C=O) groups excluding carboxylic acids is 1. The maximum Gasteiger partial charge on any atom is 0.333 e. The highest BCUT2D eigenvalue weighted by Gasteiger charge is 2.28. The first-order valence-corrected chi connectivity index (χ1v) is 21.8. The normalized spacial score (nSPS) is 16.1. The molecule has 16 nitrogen and oxygen atoms in total. The van der Waals surface area contributed by atoms with Crippen LogP contribution in [0.2, 0.25) is 0 Å². The molecule has 2 aromatic carbocycles. The molecule has 2 heterocycles. The molecular weight excluding hydrogens is 761 g/mol. The Bertz CT molecular complexity index is 2300. The summed E-state index contributed by atoms with van der Waals surface area (Å²) in [7, 11) is -7.83. The molecule has 6 N–H and O–H groups in total. The van der Waals surface area contributed by atoms with Gasteiger partial charge in [-0.05, 0) is 148 Å². The highest BCUT2D eigenvalue weighted by molar-refractivity contribution is 7.90. The van der Waals surface area contributed by atoms with E-state index in [1.54, 1.807) is 13.8 Å². The number of aryl methyl sites for hydroxylation is 4. The van der Waals surface area contributed by atoms with Crippen LogP contribution in [0, 0.1) is 11.5 Å². The van der Waals surface area contributed by atoms with Crippen LogP contribution in [0.1, 0.15) is 84.0 Å². The molecule has 0 fully saturated rings. The van der Waals surface area contributed by atoms with Crippen molar-refractivity contribution in [2.45, 2.75) is 126 Å². The van der Waals surface area contributed by atoms with E-state index in [1.165, 1.54) is 80.1 Å². The van der Waals surface area contributed by atoms with Crippen LogP contribution in [0.15, 0.2) is 46.7 Å². The SMILES string of the molecule is C[C@H](O)Cn1ccc(S(=O)(=O)NC(=O)Nc2c3c(cc4c2CCC4)CCC3)n1.C[C@H](O)Cn1ccc(S(N)(=O)=O)n1.N#COc1c2c(cc3c1CCC3)CCC2. The molecule has 8 rings (SSSR count). The Morgan fingerprint density at radius 3 is 1.64 bits per heavy atom. The Labute approximate surface area is 326 Å². The van der Waals surface area contributed by atoms with Gasteiger partial charge in [0.25, 0.3) is 26.3 Å². The Kier molecular flexibility index (Phi) is 12.5. The number of aromatic nitrogens is 4. The number of fused-ring (bicyclic) bond motifs is 4. The number of rotatable bonds is 9. The molecule has 4 aliphatic carbocycles. The zero-order valence-electron chi connectivity index (χ0n) is 31.5. The van der Waals surface area contributed by atoms with E-state index >= 15 is 0 Å². The van der Waals surface area contributed by atoms with Crippen LogP contribution < -0.4 is 19.9 Å². The lowest BCUT2D eigenvalue weighted by Gasteiger charge is -2.16. The van der Waals surface area contributed by atoms with Gasteiger partial charge in [0.1, 0.15) is 5.75 Å². The number of nitrogens with zero attached hydrogens (tertiary/aromatic N) is 5. The number of aliphatic hydroxyl groups is 2. The smallest absolute Gasteiger partial charge is 0.333 e. The maximum atomic E-state index is 12.5. The van der Waals surface area contributed by atoms with Crippen LogP contribution in [0.5, 0.6) is 5.75 Å². The van der Waals surface area contributed by atoms with E-state index in [4.69, 9.17) is 20.2 Å². The molecule has 2 atom stereocenters. The van der Waals surface area contributed by atoms with Gasteiger partial charge in [0.2, 0.25) is 0 Å². The average molecular weight is 809 g/mol. The molecule has 0 bridgehead atoms. The van der Waals surface area contributed by atoms with Crippen molar-refractivity contribution in [3.8, 4) is 12.0 Å². The lowest BCUT2D eigenvalue weighted by molar-refractivity contribution is 0.167. The maximum absolute atomic E-state index is 12.5. The molecule has 0 radical (unpaired) electrons. The van der Waals surface area contributed by atoms with Crippen LogP contribution >= 0.6 is 0 Å². The molecule has 0 aliphatic heterocycles. The molecule has 4 aromatic rings. The van der Waals surface area contributed by atoms with E-state index < -0.39 is 38.3 Å². The topological polar surface area (TPSA) is 245 Å². The van der Waals surface area contributed by atoms with Crippen LogP contribution in [0.4, 0.5) is 10.5 Å². The number of nitrogens with two attached hydrogens (primary N) is 1. The Hall–Kier alpha value is -4.80. The van der Waals surface area contributed by atoms with E-state index in [1.807, 2.05) is 6.26 Å². The van der Waals surface area contributed by atoms with E-state index in [-0.39, 0.29) is 23.1 Å². The largest absolute Gasteiger partial charge is 0.391 e. The third kappa shape index (κ3) is 9.59. The van der Waals surface area contributed by atoms with E-state index in [0.29, 0.717) is 0 Å². The summed E-state index contributed by atoms with van der Waals surface area (Å²) < 4.78 is 56.4. The summed E-state index contributed by atoms with van der Waals surface area (Å²) in [5.41, 5.74) is 11.0. The minimum Gasteiger partial charge on any atom is -0.391 e. The second-order valence-corrected chi connectivity index (χ2v) is 17.8. The van der Waals surface area contributed by atoms with Crippen molar-refractivity contribution >= 4 is 31.8 Å². The van der Waals surface area contributed by atoms with Crippen LogP contribution in [0.3, 0.4) is 0 Å². The molecule has 56 heavy (non-hydrogen) atoms. The van der Waals surface area contributed by atoms with Crippen molar-refractivity contribution in [2.24, 2.45) is 5.14 Å². The monoisotopic (exact) mass is 808 g/mol. The first kappa shape index (κ1) is 40.9. The molecule has 0 saturated carbocycles. The van der Waals surface area contributed by atoms with Crippen molar-refractivity contribution in [3.05, 3.63) is 81.2 Å². The summed E-state index contributed by atoms with van der Waals surface area (Å²) in [5.74, 6) is 0.903. The minimum atomic E-state index is -4.10. The van der Waals surface area contributed by atoms with Crippen LogP contribution in [-0.4, -0.2) is 64.8 Å². The number of ether oxygens (including phenoxy) is 1. The van der Waals surface area contributed by atoms with Crippen molar-refractivity contribution in [3.63, 3.8) is 0 Å². The number of nitrogens with one attached hydrogen (secondary N) is 2. The molecule has 4 aliphatic rings. The quantitative estimate of drug-likeness (QED) is 0.154. The van der Waals surface area contributed by atoms with E-state index in [2.05, 4.69) is 32.4 Å². The van der Waals surface area contributed by atoms with Gasteiger partial charge in [-0.15, -0.1) is 5.26 Å². The standard InChI is InChI=1S/C19H24N4O4S.C13H13NO.C6H11N3O3S/c1-12(24)11-23-9-8-17(21-23)28(26,27)22-19(25)20-18-15-6-2-4-13(15)10-14-5-3-7-16(14)18;14-8-15-13-11-5-1-3-9(11)7-10-4-2-6-12(10)13;1-5(10)4-9-3-2-6(8-9)13(7,11)12/h8-10,12,24H,2-7,11H2,1H3,(H2,20,22,25);7H,1-6H2;2-3,5,10H,4H2,1H3,(H2,7,11,12)/t12-;;5-/m0.0/s1. The number of primary sulfonamides is 1. The molecule has 0 saturated heterocycles. The Balaban J connectivity index is 0.000000159. The third-order valence-electron chi connectivity index (χ3n) is 10.2. The highest BCUT2D eigenvalue weighted by Crippen LogP contribution is 2.40. The summed E-state index contributed by atoms with van der Waals surface area (Å²) in [4.78, 5) is 12.5. The van der Waals surface area contributed by atoms with Gasteiger partial charge in [0.15, 0.2) is 10.1 Å². The van der Waals surface area contributed by atoms with Crippen LogP contribution in [0.25, 0.3) is 0 Å². The van der Waals surface area contributed by atoms with E-state index in [0.717, 1.165) is 86.8 Å². The summed E-state index contributed by atoms with van der Waals surface area (Å²) >= 11 is 0. The van der Waals surface area contributed by atoms with Crippen molar-refractivity contribution in [1.29, 1.82) is 5.26 Å². The van der Waals surface area contributed by atoms with Crippen molar-refractivity contribution in [2.75, 3.05) is 5.32 Å². The molecule has 2 amide bonds. The number of sulfonamides is 2. The zero-order valence-corrected chi connectivity index (χ0v) is 33.1. The molecule has 300 valence electrons. The van der Waals surface area contributed by atoms with Gasteiger partial charge in [0, 0.05) is 18.1 Å². The lowest BCUT2D eigenvalue weighted by Crippen LogP contribution is -2.35. The predicted octanol–water partition coefficient (Wildman–Crippen LogP) is 3.19. The van der Waals surface area contributed by atoms with Crippen molar-refractivity contribution in [1.82, 2.24) is 24.3 Å². The molecular formula is C38H48N8O8S2. The number of anilines is 1. The highest BCUT2D eigenvalue weighted by atomic mass is 32.2. The summed E-state index contributed by atoms with van der Waals surface area (Å²) in [5, 5.41) is 41.9. The van der Waals surface area contributed by atoms with Gasteiger partial charge >= 0.3 is 6.03 Å². The van der Waals surface area contributed by atoms with Gasteiger partial charge in [-0.3, -0.25) is 9.36 Å². The fourth-order valence-electron chi connectivity index (χ4n) is 7.94. The number of carbonyl (C=O) groups is 1. The van der Waals surface area contributed by atoms with Gasteiger partial charge in [-0.1, -0.05) is 12.1 Å². The van der Waals surface area contributed by atoms with E-state index in [9.17, 15) is 26.7 Å². The molecule has 18 heteroatoms. The molecule has 0 spiro atoms. The number of hydrogen-bond acceptors (Lipinski definition) is 11. The third-order valence-corrected chi connectivity index (χ3v) is 12.2. The second-order valence-electron chi connectivity index (χ2n) is 14.7. The number of benzene rings is 2. The molecule has 2 aromatic heterocycles. The van der Waals surface area contributed by atoms with Gasteiger partial charge in [-0.2, -0.15) is 18.6 Å². The van der Waals surface area contributed by atoms with Gasteiger partial charge in [0.05, 0.1) is 25.3 Å². The number of nitriles is 1. The minimum absolute atomic E-state index is 0.171. The lowest BCUT2D eigenvalue weighted by atomic mass is 9.99. The Morgan fingerprint density at radius 2 is 1.21 bits per heavy atom. The second kappa shape index (κ2) is 17.1. The predicted molar refractivity (Wildman–Crippen MR) is 206 cm³/mol. The average Bonchev–Trinajstić information content (AvgIpc) is 3.96. The fourth-order valence-corrected chi connectivity index (χ4v) is 9.26. The van der Waals surface area contributed by atoms with Gasteiger partial charge in [-0.25, -0.2) is 23.1 Å². The zero-order chi connectivity index (χ0) is 40.2. The fraction of sp³-hybridized carbons (Fsp3) is 0.474. The number of hydrogen-bond donors (Lipinski definition) is 5. The first-order valence-electron chi connectivity index (χ1n) is 18.8. The van der Waals surface area contributed by atoms with Crippen LogP contribution in [-0.2, 0) is 84.5 Å². The Morgan fingerprint density at radius 1 is 0.786 bits per heavy atom. The summed E-state index contributed by atoms with van der Waals surface area (Å²) in [6.45, 7) is 3.58. The first-order chi connectivity index (χ1) is 26.6. The summed E-state index contributed by atoms with van der Waals surface area (Å²) in [6.07, 6.45) is 16.3. The number of amides is 2. The van der Waals surface area contributed by atoms with Crippen molar-refractivity contribution < 1.29 is 36.6 Å². The number of urea groups is 1. The van der Waals surface area contributed by atoms with Gasteiger partial charge < -0.3 is 20.3 Å². The molecule has 0 unspecified atom stereocenters. The summed E-state index contributed by atoms with van der Waals surface area (Å²) in [6, 6.07) is 6.40.